The van der Waals surface area contributed by atoms with Crippen LogP contribution in [-0.2, 0) is 20.8 Å². The minimum atomic E-state index is -3.55. The van der Waals surface area contributed by atoms with E-state index in [1.807, 2.05) is 0 Å². The zero-order valence-electron chi connectivity index (χ0n) is 8.44. The fraction of sp³-hybridized carbons (Fsp3) is 0.714. The van der Waals surface area contributed by atoms with Crippen LogP contribution in [0.25, 0.3) is 0 Å². The highest BCUT2D eigenvalue weighted by molar-refractivity contribution is 7.86. The van der Waals surface area contributed by atoms with Gasteiger partial charge in [0.2, 0.25) is 0 Å². The topological polar surface area (TPSA) is 94.3 Å². The predicted octanol–water partition coefficient (Wildman–Crippen LogP) is -0.996. The number of hydrogen-bond donors (Lipinski definition) is 1. The molecular formula is C7H13N3O4S. The second-order valence-electron chi connectivity index (χ2n) is 3.19. The summed E-state index contributed by atoms with van der Waals surface area (Å²) in [6.45, 7) is 1.61. The van der Waals surface area contributed by atoms with Crippen molar-refractivity contribution >= 4 is 10.1 Å². The van der Waals surface area contributed by atoms with Crippen LogP contribution in [0.4, 0.5) is 0 Å². The lowest BCUT2D eigenvalue weighted by Gasteiger charge is -2.17. The van der Waals surface area contributed by atoms with Gasteiger partial charge in [-0.15, -0.1) is 0 Å². The smallest absolute Gasteiger partial charge is 0.264 e. The first-order valence-corrected chi connectivity index (χ1v) is 6.09. The van der Waals surface area contributed by atoms with Crippen molar-refractivity contribution in [3.8, 4) is 0 Å². The van der Waals surface area contributed by atoms with Gasteiger partial charge in [0.1, 0.15) is 24.9 Å². The Morgan fingerprint density at radius 3 is 2.73 bits per heavy atom. The van der Waals surface area contributed by atoms with Gasteiger partial charge in [-0.05, 0) is 6.92 Å². The second kappa shape index (κ2) is 4.69. The molecular weight excluding hydrogens is 222 g/mol. The van der Waals surface area contributed by atoms with Crippen molar-refractivity contribution in [1.29, 1.82) is 0 Å². The van der Waals surface area contributed by atoms with E-state index in [2.05, 4.69) is 14.3 Å². The third-order valence-electron chi connectivity index (χ3n) is 1.71. The Morgan fingerprint density at radius 2 is 2.27 bits per heavy atom. The van der Waals surface area contributed by atoms with Crippen molar-refractivity contribution in [3.05, 3.63) is 12.7 Å². The number of aliphatic hydroxyl groups is 1. The summed E-state index contributed by atoms with van der Waals surface area (Å²) in [6, 6.07) is 0. The Hall–Kier alpha value is -0.990. The fourth-order valence-electron chi connectivity index (χ4n) is 1.01. The van der Waals surface area contributed by atoms with Gasteiger partial charge in [0.25, 0.3) is 10.1 Å². The molecule has 1 N–H and O–H groups in total. The van der Waals surface area contributed by atoms with Crippen LogP contribution in [0.1, 0.15) is 6.92 Å². The van der Waals surface area contributed by atoms with Gasteiger partial charge in [-0.3, -0.25) is 8.86 Å². The lowest BCUT2D eigenvalue weighted by molar-refractivity contribution is 0.0376. The molecule has 1 heterocycles. The molecule has 86 valence electrons. The van der Waals surface area contributed by atoms with Gasteiger partial charge in [-0.2, -0.15) is 13.5 Å². The largest absolute Gasteiger partial charge is 0.388 e. The molecule has 0 aromatic carbocycles. The van der Waals surface area contributed by atoms with Crippen molar-refractivity contribution in [1.82, 2.24) is 14.8 Å². The first kappa shape index (κ1) is 12.1. The van der Waals surface area contributed by atoms with Crippen LogP contribution >= 0.6 is 0 Å². The normalized spacial score (nSPS) is 16.2. The van der Waals surface area contributed by atoms with E-state index in [9.17, 15) is 13.5 Å². The third kappa shape index (κ3) is 4.36. The Morgan fingerprint density at radius 1 is 1.60 bits per heavy atom. The van der Waals surface area contributed by atoms with Crippen molar-refractivity contribution in [3.63, 3.8) is 0 Å². The molecule has 7 nitrogen and oxygen atoms in total. The van der Waals surface area contributed by atoms with Crippen molar-refractivity contribution in [2.75, 3.05) is 6.26 Å². The summed E-state index contributed by atoms with van der Waals surface area (Å²) in [5.74, 6) is 0. The molecule has 0 amide bonds. The summed E-state index contributed by atoms with van der Waals surface area (Å²) < 4.78 is 27.6. The lowest BCUT2D eigenvalue weighted by atomic mass is 10.2. The van der Waals surface area contributed by atoms with Crippen LogP contribution in [0, 0.1) is 0 Å². The molecule has 2 atom stereocenters. The highest BCUT2D eigenvalue weighted by atomic mass is 32.2. The molecule has 8 heteroatoms. The van der Waals surface area contributed by atoms with Gasteiger partial charge in [-0.25, -0.2) is 4.98 Å². The van der Waals surface area contributed by atoms with Gasteiger partial charge in [0.05, 0.1) is 12.8 Å². The average Bonchev–Trinajstić information content (AvgIpc) is 2.53. The van der Waals surface area contributed by atoms with Gasteiger partial charge in [-0.1, -0.05) is 0 Å². The van der Waals surface area contributed by atoms with Crippen LogP contribution < -0.4 is 0 Å². The summed E-state index contributed by atoms with van der Waals surface area (Å²) >= 11 is 0. The molecule has 0 radical (unpaired) electrons. The van der Waals surface area contributed by atoms with Gasteiger partial charge in [0, 0.05) is 0 Å². The standard InChI is InChI=1S/C7H13N3O4S/c1-6(14-15(2,12)13)7(11)3-10-5-8-4-9-10/h4-7,11H,3H2,1-2H3. The number of aromatic nitrogens is 3. The maximum atomic E-state index is 10.8. The molecule has 0 aliphatic heterocycles. The zero-order valence-corrected chi connectivity index (χ0v) is 9.25. The highest BCUT2D eigenvalue weighted by Crippen LogP contribution is 2.04. The van der Waals surface area contributed by atoms with Crippen molar-refractivity contribution < 1.29 is 17.7 Å². The van der Waals surface area contributed by atoms with Gasteiger partial charge >= 0.3 is 0 Å². The molecule has 15 heavy (non-hydrogen) atoms. The molecule has 2 unspecified atom stereocenters. The first-order valence-electron chi connectivity index (χ1n) is 4.27. The van der Waals surface area contributed by atoms with Gasteiger partial charge in [0.15, 0.2) is 0 Å². The van der Waals surface area contributed by atoms with E-state index >= 15 is 0 Å². The van der Waals surface area contributed by atoms with Crippen LogP contribution in [0.5, 0.6) is 0 Å². The molecule has 0 saturated heterocycles. The van der Waals surface area contributed by atoms with Crippen LogP contribution in [0.15, 0.2) is 12.7 Å². The van der Waals surface area contributed by atoms with Crippen LogP contribution in [-0.4, -0.2) is 46.8 Å². The van der Waals surface area contributed by atoms with E-state index < -0.39 is 22.3 Å². The number of hydrogen-bond acceptors (Lipinski definition) is 6. The molecule has 0 bridgehead atoms. The summed E-state index contributed by atoms with van der Waals surface area (Å²) in [4.78, 5) is 3.69. The maximum absolute atomic E-state index is 10.8. The Bertz CT molecular complexity index is 388. The molecule has 1 aromatic rings. The Kier molecular flexibility index (Phi) is 3.77. The number of rotatable bonds is 5. The molecule has 0 aliphatic rings. The van der Waals surface area contributed by atoms with Crippen LogP contribution in [0.3, 0.4) is 0 Å². The zero-order chi connectivity index (χ0) is 11.5. The first-order chi connectivity index (χ1) is 6.88. The third-order valence-corrected chi connectivity index (χ3v) is 2.36. The molecule has 0 spiro atoms. The second-order valence-corrected chi connectivity index (χ2v) is 4.79. The van der Waals surface area contributed by atoms with Crippen molar-refractivity contribution in [2.24, 2.45) is 0 Å². The summed E-state index contributed by atoms with van der Waals surface area (Å²) in [5, 5.41) is 13.4. The molecule has 0 aliphatic carbocycles. The highest BCUT2D eigenvalue weighted by Gasteiger charge is 2.19. The quantitative estimate of drug-likeness (QED) is 0.658. The van der Waals surface area contributed by atoms with Crippen molar-refractivity contribution in [2.45, 2.75) is 25.7 Å². The molecule has 0 fully saturated rings. The Labute approximate surface area is 87.8 Å². The Balaban J connectivity index is 2.50. The van der Waals surface area contributed by atoms with E-state index in [1.165, 1.54) is 24.3 Å². The molecule has 1 rings (SSSR count). The number of aliphatic hydroxyl groups excluding tert-OH is 1. The summed E-state index contributed by atoms with van der Waals surface area (Å²) in [6.07, 6.45) is 1.92. The van der Waals surface area contributed by atoms with Gasteiger partial charge < -0.3 is 5.11 Å². The predicted molar refractivity (Wildman–Crippen MR) is 51.4 cm³/mol. The van der Waals surface area contributed by atoms with E-state index in [0.29, 0.717) is 0 Å². The average molecular weight is 235 g/mol. The fourth-order valence-corrected chi connectivity index (χ4v) is 1.69. The number of nitrogens with zero attached hydrogens (tertiary/aromatic N) is 3. The van der Waals surface area contributed by atoms with E-state index in [1.54, 1.807) is 0 Å². The monoisotopic (exact) mass is 235 g/mol. The van der Waals surface area contributed by atoms with E-state index in [-0.39, 0.29) is 6.54 Å². The summed E-state index contributed by atoms with van der Waals surface area (Å²) in [7, 11) is -3.55. The molecule has 0 saturated carbocycles. The SMILES string of the molecule is CC(OS(C)(=O)=O)C(O)Cn1cncn1. The minimum absolute atomic E-state index is 0.136. The maximum Gasteiger partial charge on any atom is 0.264 e. The summed E-state index contributed by atoms with van der Waals surface area (Å²) in [5.41, 5.74) is 0. The van der Waals surface area contributed by atoms with E-state index in [0.717, 1.165) is 6.26 Å². The van der Waals surface area contributed by atoms with E-state index in [4.69, 9.17) is 0 Å². The van der Waals surface area contributed by atoms with Crippen LogP contribution in [0.2, 0.25) is 0 Å². The molecule has 1 aromatic heterocycles. The minimum Gasteiger partial charge on any atom is -0.388 e. The lowest BCUT2D eigenvalue weighted by Crippen LogP contribution is -2.32.